The summed E-state index contributed by atoms with van der Waals surface area (Å²) in [5.74, 6) is 0.202. The van der Waals surface area contributed by atoms with Gasteiger partial charge in [-0.3, -0.25) is 0 Å². The van der Waals surface area contributed by atoms with Gasteiger partial charge in [-0.15, -0.1) is 11.3 Å². The summed E-state index contributed by atoms with van der Waals surface area (Å²) in [6.07, 6.45) is 0. The Bertz CT molecular complexity index is 490. The molecule has 1 nitrogen and oxygen atoms in total. The van der Waals surface area contributed by atoms with Crippen LogP contribution in [0.25, 0.3) is 11.3 Å². The highest BCUT2D eigenvalue weighted by atomic mass is 79.9. The van der Waals surface area contributed by atoms with Gasteiger partial charge in [-0.25, -0.2) is 9.37 Å². The number of hydrogen-bond donors (Lipinski definition) is 0. The zero-order chi connectivity index (χ0) is 11.7. The fourth-order valence-corrected chi connectivity index (χ4v) is 3.03. The van der Waals surface area contributed by atoms with Crippen LogP contribution in [0.3, 0.4) is 0 Å². The highest BCUT2D eigenvalue weighted by molar-refractivity contribution is 9.11. The van der Waals surface area contributed by atoms with Crippen molar-refractivity contribution in [1.29, 1.82) is 0 Å². The normalized spacial score (nSPS) is 11.1. The second-order valence-corrected chi connectivity index (χ2v) is 6.15. The van der Waals surface area contributed by atoms with Crippen molar-refractivity contribution in [1.82, 2.24) is 4.98 Å². The molecule has 1 aromatic heterocycles. The van der Waals surface area contributed by atoms with Gasteiger partial charge < -0.3 is 0 Å². The molecule has 0 radical (unpaired) electrons. The third-order valence-corrected chi connectivity index (χ3v) is 4.08. The minimum Gasteiger partial charge on any atom is -0.229 e. The van der Waals surface area contributed by atoms with Gasteiger partial charge >= 0.3 is 0 Å². The molecule has 0 aliphatic carbocycles. The van der Waals surface area contributed by atoms with E-state index in [9.17, 15) is 4.39 Å². The summed E-state index contributed by atoms with van der Waals surface area (Å²) in [4.78, 5) is 5.67. The van der Waals surface area contributed by atoms with E-state index in [4.69, 9.17) is 0 Å². The van der Waals surface area contributed by atoms with E-state index in [2.05, 4.69) is 34.8 Å². The maximum Gasteiger partial charge on any atom is 0.160 e. The third-order valence-electron chi connectivity index (χ3n) is 2.27. The van der Waals surface area contributed by atoms with Crippen LogP contribution in [-0.4, -0.2) is 4.98 Å². The molecule has 0 amide bonds. The average molecular weight is 300 g/mol. The average Bonchev–Trinajstić information content (AvgIpc) is 2.61. The molecule has 0 N–H and O–H groups in total. The minimum atomic E-state index is -0.218. The quantitative estimate of drug-likeness (QED) is 0.773. The molecule has 0 saturated heterocycles. The van der Waals surface area contributed by atoms with Crippen LogP contribution in [0.5, 0.6) is 0 Å². The van der Waals surface area contributed by atoms with Gasteiger partial charge in [0, 0.05) is 10.4 Å². The lowest BCUT2D eigenvalue weighted by Gasteiger charge is -2.04. The van der Waals surface area contributed by atoms with Gasteiger partial charge in [-0.2, -0.15) is 0 Å². The molecule has 0 aliphatic heterocycles. The zero-order valence-electron chi connectivity index (χ0n) is 9.00. The molecule has 0 aliphatic rings. The van der Waals surface area contributed by atoms with Gasteiger partial charge in [0.2, 0.25) is 0 Å². The fraction of sp³-hybridized carbons (Fsp3) is 0.250. The van der Waals surface area contributed by atoms with Crippen LogP contribution in [-0.2, 0) is 0 Å². The van der Waals surface area contributed by atoms with Gasteiger partial charge in [0.05, 0.1) is 5.69 Å². The molecule has 2 aromatic rings. The Hall–Kier alpha value is -0.740. The lowest BCUT2D eigenvalue weighted by Crippen LogP contribution is -1.88. The van der Waals surface area contributed by atoms with Crippen molar-refractivity contribution in [3.8, 4) is 11.3 Å². The molecule has 4 heteroatoms. The summed E-state index contributed by atoms with van der Waals surface area (Å²) in [6.45, 7) is 4.26. The Morgan fingerprint density at radius 3 is 2.44 bits per heavy atom. The molecule has 0 spiro atoms. The van der Waals surface area contributed by atoms with E-state index in [1.807, 2.05) is 0 Å². The largest absolute Gasteiger partial charge is 0.229 e. The van der Waals surface area contributed by atoms with Crippen molar-refractivity contribution >= 4 is 27.3 Å². The van der Waals surface area contributed by atoms with Crippen molar-refractivity contribution in [3.63, 3.8) is 0 Å². The number of halogens is 2. The maximum atomic E-state index is 12.8. The number of nitrogens with zero attached hydrogens (tertiary/aromatic N) is 1. The molecular formula is C12H11BrFNS. The minimum absolute atomic E-state index is 0.218. The van der Waals surface area contributed by atoms with Crippen molar-refractivity contribution < 1.29 is 4.39 Å². The highest BCUT2D eigenvalue weighted by Gasteiger charge is 2.14. The summed E-state index contributed by atoms with van der Waals surface area (Å²) in [5.41, 5.74) is 1.92. The van der Waals surface area contributed by atoms with E-state index in [1.165, 1.54) is 17.0 Å². The van der Waals surface area contributed by atoms with Gasteiger partial charge in [0.25, 0.3) is 0 Å². The van der Waals surface area contributed by atoms with Crippen molar-refractivity contribution in [3.05, 3.63) is 38.9 Å². The van der Waals surface area contributed by atoms with Crippen LogP contribution < -0.4 is 0 Å². The number of thiazole rings is 1. The molecular weight excluding hydrogens is 289 g/mol. The van der Waals surface area contributed by atoms with Crippen LogP contribution in [0.4, 0.5) is 4.39 Å². The lowest BCUT2D eigenvalue weighted by molar-refractivity contribution is 0.628. The topological polar surface area (TPSA) is 12.9 Å². The molecule has 84 valence electrons. The Balaban J connectivity index is 2.50. The summed E-state index contributed by atoms with van der Waals surface area (Å²) in [7, 11) is 0. The van der Waals surface area contributed by atoms with Gasteiger partial charge in [-0.05, 0) is 46.1 Å². The molecule has 16 heavy (non-hydrogen) atoms. The van der Waals surface area contributed by atoms with Crippen LogP contribution in [0, 0.1) is 5.82 Å². The summed E-state index contributed by atoms with van der Waals surface area (Å²) < 4.78 is 13.7. The smallest absolute Gasteiger partial charge is 0.160 e. The summed E-state index contributed by atoms with van der Waals surface area (Å²) in [5, 5.41) is 0. The van der Waals surface area contributed by atoms with Crippen molar-refractivity contribution in [2.45, 2.75) is 19.8 Å². The first-order valence-corrected chi connectivity index (χ1v) is 6.61. The first-order chi connectivity index (χ1) is 7.58. The monoisotopic (exact) mass is 299 g/mol. The molecule has 1 heterocycles. The summed E-state index contributed by atoms with van der Waals surface area (Å²) in [6, 6.07) is 6.46. The molecule has 0 unspecified atom stereocenters. The predicted molar refractivity (Wildman–Crippen MR) is 69.3 cm³/mol. The standard InChI is InChI=1S/C12H11BrFNS/c1-7(2)11-10(15-12(13)16-11)8-3-5-9(14)6-4-8/h3-7H,1-2H3. The molecule has 2 rings (SSSR count). The van der Waals surface area contributed by atoms with E-state index in [1.54, 1.807) is 23.5 Å². The Morgan fingerprint density at radius 2 is 1.88 bits per heavy atom. The first kappa shape index (κ1) is 11.7. The van der Waals surface area contributed by atoms with Crippen LogP contribution >= 0.6 is 27.3 Å². The maximum absolute atomic E-state index is 12.8. The Morgan fingerprint density at radius 1 is 1.25 bits per heavy atom. The Kier molecular flexibility index (Phi) is 3.40. The molecule has 0 atom stereocenters. The van der Waals surface area contributed by atoms with Crippen molar-refractivity contribution in [2.24, 2.45) is 0 Å². The first-order valence-electron chi connectivity index (χ1n) is 5.00. The lowest BCUT2D eigenvalue weighted by atomic mass is 10.1. The van der Waals surface area contributed by atoms with Gasteiger partial charge in [0.15, 0.2) is 3.92 Å². The van der Waals surface area contributed by atoms with Gasteiger partial charge in [0.1, 0.15) is 5.82 Å². The Labute approximate surface area is 106 Å². The van der Waals surface area contributed by atoms with E-state index in [-0.39, 0.29) is 5.82 Å². The molecule has 0 saturated carbocycles. The van der Waals surface area contributed by atoms with Crippen LogP contribution in [0.1, 0.15) is 24.6 Å². The number of rotatable bonds is 2. The molecule has 0 bridgehead atoms. The van der Waals surface area contributed by atoms with Crippen LogP contribution in [0.15, 0.2) is 28.2 Å². The van der Waals surface area contributed by atoms with Crippen LogP contribution in [0.2, 0.25) is 0 Å². The predicted octanol–water partition coefficient (Wildman–Crippen LogP) is 4.84. The fourth-order valence-electron chi connectivity index (χ4n) is 1.51. The second kappa shape index (κ2) is 4.63. The number of benzene rings is 1. The summed E-state index contributed by atoms with van der Waals surface area (Å²) >= 11 is 5.03. The zero-order valence-corrected chi connectivity index (χ0v) is 11.4. The third kappa shape index (κ3) is 2.33. The number of hydrogen-bond acceptors (Lipinski definition) is 2. The van der Waals surface area contributed by atoms with E-state index in [0.717, 1.165) is 15.2 Å². The van der Waals surface area contributed by atoms with E-state index >= 15 is 0 Å². The SMILES string of the molecule is CC(C)c1sc(Br)nc1-c1ccc(F)cc1. The van der Waals surface area contributed by atoms with E-state index in [0.29, 0.717) is 5.92 Å². The van der Waals surface area contributed by atoms with Crippen molar-refractivity contribution in [2.75, 3.05) is 0 Å². The highest BCUT2D eigenvalue weighted by Crippen LogP contribution is 2.35. The van der Waals surface area contributed by atoms with Gasteiger partial charge in [-0.1, -0.05) is 13.8 Å². The second-order valence-electron chi connectivity index (χ2n) is 3.84. The molecule has 1 aromatic carbocycles. The number of aromatic nitrogens is 1. The molecule has 0 fully saturated rings. The van der Waals surface area contributed by atoms with E-state index < -0.39 is 0 Å².